The van der Waals surface area contributed by atoms with E-state index in [0.717, 1.165) is 44.6 Å². The van der Waals surface area contributed by atoms with E-state index < -0.39 is 15.8 Å². The van der Waals surface area contributed by atoms with Gasteiger partial charge in [-0.2, -0.15) is 4.31 Å². The van der Waals surface area contributed by atoms with Gasteiger partial charge in [-0.25, -0.2) is 12.8 Å². The number of halogens is 1. The van der Waals surface area contributed by atoms with E-state index in [4.69, 9.17) is 0 Å². The monoisotopic (exact) mass is 420 g/mol. The molecule has 4 saturated carbocycles. The summed E-state index contributed by atoms with van der Waals surface area (Å²) in [5.41, 5.74) is 0.0734. The van der Waals surface area contributed by atoms with Gasteiger partial charge in [-0.15, -0.1) is 0 Å². The summed E-state index contributed by atoms with van der Waals surface area (Å²) in [6, 6.07) is 3.75. The van der Waals surface area contributed by atoms with Crippen molar-refractivity contribution in [3.63, 3.8) is 0 Å². The van der Waals surface area contributed by atoms with Crippen LogP contribution in [0.25, 0.3) is 0 Å². The quantitative estimate of drug-likeness (QED) is 0.808. The molecule has 1 aromatic carbocycles. The average Bonchev–Trinajstić information content (AvgIpc) is 2.67. The summed E-state index contributed by atoms with van der Waals surface area (Å²) in [6.45, 7) is 0.816. The molecule has 1 saturated heterocycles. The Morgan fingerprint density at radius 3 is 2.17 bits per heavy atom. The zero-order valence-corrected chi connectivity index (χ0v) is 17.5. The predicted molar refractivity (Wildman–Crippen MR) is 107 cm³/mol. The zero-order valence-electron chi connectivity index (χ0n) is 16.7. The first-order valence-electron chi connectivity index (χ1n) is 11.0. The minimum absolute atomic E-state index is 0.161. The molecule has 0 unspecified atom stereocenters. The third-order valence-corrected chi connectivity index (χ3v) is 9.46. The van der Waals surface area contributed by atoms with Gasteiger partial charge in [0.25, 0.3) is 5.91 Å². The van der Waals surface area contributed by atoms with Crippen LogP contribution in [0.1, 0.15) is 68.1 Å². The molecule has 1 aromatic rings. The van der Waals surface area contributed by atoms with Crippen LogP contribution in [0.5, 0.6) is 0 Å². The van der Waals surface area contributed by atoms with Crippen molar-refractivity contribution < 1.29 is 17.6 Å². The summed E-state index contributed by atoms with van der Waals surface area (Å²) < 4.78 is 41.7. The number of sulfonamides is 1. The number of piperidine rings is 1. The summed E-state index contributed by atoms with van der Waals surface area (Å²) in [7, 11) is -3.92. The van der Waals surface area contributed by atoms with Gasteiger partial charge >= 0.3 is 0 Å². The van der Waals surface area contributed by atoms with Gasteiger partial charge in [-0.05, 0) is 87.3 Å². The molecule has 0 aromatic heterocycles. The molecule has 1 amide bonds. The van der Waals surface area contributed by atoms with Crippen molar-refractivity contribution >= 4 is 15.9 Å². The van der Waals surface area contributed by atoms with Crippen molar-refractivity contribution in [1.82, 2.24) is 9.62 Å². The molecule has 1 aliphatic heterocycles. The Morgan fingerprint density at radius 1 is 1.00 bits per heavy atom. The Morgan fingerprint density at radius 2 is 1.59 bits per heavy atom. The van der Waals surface area contributed by atoms with E-state index in [1.165, 1.54) is 35.7 Å². The Labute approximate surface area is 172 Å². The largest absolute Gasteiger partial charge is 0.347 e. The van der Waals surface area contributed by atoms with Crippen molar-refractivity contribution in [2.45, 2.75) is 68.2 Å². The highest BCUT2D eigenvalue weighted by atomic mass is 32.2. The van der Waals surface area contributed by atoms with Gasteiger partial charge in [0, 0.05) is 24.2 Å². The van der Waals surface area contributed by atoms with Gasteiger partial charge < -0.3 is 5.32 Å². The zero-order chi connectivity index (χ0) is 20.2. The summed E-state index contributed by atoms with van der Waals surface area (Å²) in [5, 5.41) is 3.25. The standard InChI is InChI=1S/C22H29FN2O3S/c23-19-5-4-18(11-20(19)29(27,28)25-6-2-1-3-7-25)21(26)24-22-12-15-8-16(13-22)10-17(9-15)14-22/h4-5,11,15-17H,1-3,6-10,12-14H2,(H,24,26). The molecule has 5 fully saturated rings. The van der Waals surface area contributed by atoms with Crippen LogP contribution in [0, 0.1) is 23.6 Å². The number of nitrogens with one attached hydrogen (secondary N) is 1. The van der Waals surface area contributed by atoms with Crippen molar-refractivity contribution in [2.24, 2.45) is 17.8 Å². The molecule has 0 radical (unpaired) electrons. The van der Waals surface area contributed by atoms with Crippen LogP contribution in [0.2, 0.25) is 0 Å². The number of carbonyl (C=O) groups excluding carboxylic acids is 1. The molecule has 0 spiro atoms. The van der Waals surface area contributed by atoms with Crippen molar-refractivity contribution in [3.8, 4) is 0 Å². The van der Waals surface area contributed by atoms with E-state index >= 15 is 0 Å². The lowest BCUT2D eigenvalue weighted by Gasteiger charge is -2.56. The summed E-state index contributed by atoms with van der Waals surface area (Å²) in [5.74, 6) is 1.03. The molecule has 4 aliphatic carbocycles. The van der Waals surface area contributed by atoms with Crippen LogP contribution in [-0.2, 0) is 10.0 Å². The summed E-state index contributed by atoms with van der Waals surface area (Å²) in [4.78, 5) is 12.7. The Kier molecular flexibility index (Phi) is 4.74. The number of rotatable bonds is 4. The Hall–Kier alpha value is -1.47. The number of hydrogen-bond donors (Lipinski definition) is 1. The van der Waals surface area contributed by atoms with E-state index in [9.17, 15) is 17.6 Å². The first-order chi connectivity index (χ1) is 13.8. The van der Waals surface area contributed by atoms with Crippen LogP contribution in [-0.4, -0.2) is 37.3 Å². The van der Waals surface area contributed by atoms with Crippen LogP contribution >= 0.6 is 0 Å². The molecule has 29 heavy (non-hydrogen) atoms. The normalized spacial score (nSPS) is 34.3. The smallest absolute Gasteiger partial charge is 0.251 e. The fourth-order valence-electron chi connectivity index (χ4n) is 6.66. The molecular weight excluding hydrogens is 391 g/mol. The van der Waals surface area contributed by atoms with Crippen molar-refractivity contribution in [2.75, 3.05) is 13.1 Å². The molecule has 0 atom stereocenters. The fraction of sp³-hybridized carbons (Fsp3) is 0.682. The first kappa shape index (κ1) is 19.5. The number of nitrogens with zero attached hydrogens (tertiary/aromatic N) is 1. The number of amides is 1. The van der Waals surface area contributed by atoms with Gasteiger partial charge in [0.1, 0.15) is 10.7 Å². The lowest BCUT2D eigenvalue weighted by molar-refractivity contribution is -0.0167. The molecule has 4 bridgehead atoms. The molecule has 1 N–H and O–H groups in total. The molecule has 5 aliphatic rings. The lowest BCUT2D eigenvalue weighted by atomic mass is 9.53. The van der Waals surface area contributed by atoms with Crippen LogP contribution in [0.3, 0.4) is 0 Å². The van der Waals surface area contributed by atoms with Gasteiger partial charge in [0.05, 0.1) is 0 Å². The Balaban J connectivity index is 1.39. The second-order valence-corrected chi connectivity index (χ2v) is 11.7. The predicted octanol–water partition coefficient (Wildman–Crippen LogP) is 3.70. The minimum atomic E-state index is -3.92. The van der Waals surface area contributed by atoms with Crippen LogP contribution in [0.4, 0.5) is 4.39 Å². The highest BCUT2D eigenvalue weighted by molar-refractivity contribution is 7.89. The third kappa shape index (κ3) is 3.50. The maximum absolute atomic E-state index is 14.5. The second-order valence-electron chi connectivity index (χ2n) is 9.76. The van der Waals surface area contributed by atoms with E-state index in [0.29, 0.717) is 30.8 Å². The van der Waals surface area contributed by atoms with Crippen molar-refractivity contribution in [3.05, 3.63) is 29.6 Å². The number of carbonyl (C=O) groups is 1. The molecule has 6 rings (SSSR count). The first-order valence-corrected chi connectivity index (χ1v) is 12.4. The van der Waals surface area contributed by atoms with E-state index in [1.54, 1.807) is 0 Å². The molecule has 7 heteroatoms. The van der Waals surface area contributed by atoms with Gasteiger partial charge in [-0.3, -0.25) is 4.79 Å². The summed E-state index contributed by atoms with van der Waals surface area (Å²) in [6.07, 6.45) is 9.46. The topological polar surface area (TPSA) is 66.5 Å². The molecule has 5 nitrogen and oxygen atoms in total. The van der Waals surface area contributed by atoms with E-state index in [2.05, 4.69) is 5.32 Å². The van der Waals surface area contributed by atoms with Gasteiger partial charge in [-0.1, -0.05) is 6.42 Å². The van der Waals surface area contributed by atoms with E-state index in [-0.39, 0.29) is 21.9 Å². The maximum atomic E-state index is 14.5. The minimum Gasteiger partial charge on any atom is -0.347 e. The lowest BCUT2D eigenvalue weighted by Crippen LogP contribution is -2.59. The van der Waals surface area contributed by atoms with Crippen LogP contribution in [0.15, 0.2) is 23.1 Å². The highest BCUT2D eigenvalue weighted by Crippen LogP contribution is 2.55. The third-order valence-electron chi connectivity index (χ3n) is 7.54. The molecule has 158 valence electrons. The highest BCUT2D eigenvalue weighted by Gasteiger charge is 2.51. The molecule has 1 heterocycles. The summed E-state index contributed by atoms with van der Waals surface area (Å²) >= 11 is 0. The second kappa shape index (κ2) is 7.05. The maximum Gasteiger partial charge on any atom is 0.251 e. The Bertz CT molecular complexity index is 889. The van der Waals surface area contributed by atoms with Crippen molar-refractivity contribution in [1.29, 1.82) is 0 Å². The fourth-order valence-corrected chi connectivity index (χ4v) is 8.27. The number of benzene rings is 1. The number of hydrogen-bond acceptors (Lipinski definition) is 3. The van der Waals surface area contributed by atoms with E-state index in [1.807, 2.05) is 0 Å². The van der Waals surface area contributed by atoms with Crippen LogP contribution < -0.4 is 5.32 Å². The van der Waals surface area contributed by atoms with Gasteiger partial charge in [0.2, 0.25) is 10.0 Å². The van der Waals surface area contributed by atoms with Gasteiger partial charge in [0.15, 0.2) is 0 Å². The molecular formula is C22H29FN2O3S. The SMILES string of the molecule is O=C(NC12CC3CC(CC(C3)C1)C2)c1ccc(F)c(S(=O)(=O)N2CCCCC2)c1. The average molecular weight is 421 g/mol.